The molecule has 0 aliphatic rings. The van der Waals surface area contributed by atoms with Gasteiger partial charge in [-0.25, -0.2) is 0 Å². The predicted molar refractivity (Wildman–Crippen MR) is 53.5 cm³/mol. The summed E-state index contributed by atoms with van der Waals surface area (Å²) in [6.07, 6.45) is 4.10. The molecule has 0 bridgehead atoms. The van der Waals surface area contributed by atoms with Crippen molar-refractivity contribution >= 4 is 0 Å². The fourth-order valence-electron chi connectivity index (χ4n) is 1.35. The van der Waals surface area contributed by atoms with Crippen LogP contribution in [0.25, 0.3) is 0 Å². The van der Waals surface area contributed by atoms with Crippen LogP contribution in [0, 0.1) is 0 Å². The number of hydrogen-bond donors (Lipinski definition) is 1. The number of likely N-dealkylation sites (N-methyl/N-ethyl adjacent to an activating group) is 1. The SMILES string of the molecule is CCCCC(NCC)C(C)OC. The van der Waals surface area contributed by atoms with E-state index in [0.29, 0.717) is 12.1 Å². The second-order valence-electron chi connectivity index (χ2n) is 3.25. The van der Waals surface area contributed by atoms with Gasteiger partial charge >= 0.3 is 0 Å². The van der Waals surface area contributed by atoms with Crippen LogP contribution in [0.4, 0.5) is 0 Å². The van der Waals surface area contributed by atoms with Gasteiger partial charge < -0.3 is 10.1 Å². The molecule has 0 amide bonds. The maximum Gasteiger partial charge on any atom is 0.0696 e. The zero-order valence-corrected chi connectivity index (χ0v) is 8.89. The zero-order chi connectivity index (χ0) is 9.40. The van der Waals surface area contributed by atoms with Gasteiger partial charge in [0.1, 0.15) is 0 Å². The van der Waals surface area contributed by atoms with Crippen LogP contribution < -0.4 is 5.32 Å². The van der Waals surface area contributed by atoms with Crippen molar-refractivity contribution in [1.29, 1.82) is 0 Å². The largest absolute Gasteiger partial charge is 0.380 e. The predicted octanol–water partition coefficient (Wildman–Crippen LogP) is 2.19. The Labute approximate surface area is 76.7 Å². The lowest BCUT2D eigenvalue weighted by Gasteiger charge is -2.23. The van der Waals surface area contributed by atoms with Crippen LogP contribution in [-0.4, -0.2) is 25.8 Å². The zero-order valence-electron chi connectivity index (χ0n) is 8.89. The van der Waals surface area contributed by atoms with Crippen molar-refractivity contribution in [2.24, 2.45) is 0 Å². The molecule has 0 saturated carbocycles. The summed E-state index contributed by atoms with van der Waals surface area (Å²) in [5, 5.41) is 3.44. The molecule has 0 rings (SSSR count). The van der Waals surface area contributed by atoms with E-state index >= 15 is 0 Å². The highest BCUT2D eigenvalue weighted by molar-refractivity contribution is 4.72. The Kier molecular flexibility index (Phi) is 7.51. The normalized spacial score (nSPS) is 16.0. The molecule has 0 aromatic rings. The van der Waals surface area contributed by atoms with Gasteiger partial charge in [-0.1, -0.05) is 26.7 Å². The Morgan fingerprint density at radius 1 is 1.33 bits per heavy atom. The van der Waals surface area contributed by atoms with Crippen LogP contribution in [-0.2, 0) is 4.74 Å². The second-order valence-corrected chi connectivity index (χ2v) is 3.25. The van der Waals surface area contributed by atoms with Gasteiger partial charge in [-0.15, -0.1) is 0 Å². The molecule has 0 radical (unpaired) electrons. The summed E-state index contributed by atoms with van der Waals surface area (Å²) < 4.78 is 5.30. The van der Waals surface area contributed by atoms with Crippen LogP contribution in [0.3, 0.4) is 0 Å². The summed E-state index contributed by atoms with van der Waals surface area (Å²) in [6.45, 7) is 7.52. The van der Waals surface area contributed by atoms with Crippen LogP contribution in [0.1, 0.15) is 40.0 Å². The third-order valence-electron chi connectivity index (χ3n) is 2.27. The van der Waals surface area contributed by atoms with Gasteiger partial charge in [-0.05, 0) is 19.9 Å². The first-order chi connectivity index (χ1) is 5.76. The average molecular weight is 173 g/mol. The summed E-state index contributed by atoms with van der Waals surface area (Å²) in [4.78, 5) is 0. The number of rotatable bonds is 7. The highest BCUT2D eigenvalue weighted by Crippen LogP contribution is 2.06. The maximum atomic E-state index is 5.30. The number of ether oxygens (including phenoxy) is 1. The number of methoxy groups -OCH3 is 1. The lowest BCUT2D eigenvalue weighted by molar-refractivity contribution is 0.0798. The summed E-state index contributed by atoms with van der Waals surface area (Å²) >= 11 is 0. The minimum atomic E-state index is 0.330. The molecule has 0 saturated heterocycles. The monoisotopic (exact) mass is 173 g/mol. The molecule has 2 atom stereocenters. The van der Waals surface area contributed by atoms with E-state index in [1.54, 1.807) is 7.11 Å². The van der Waals surface area contributed by atoms with Crippen LogP contribution >= 0.6 is 0 Å². The molecule has 0 aliphatic heterocycles. The summed E-state index contributed by atoms with van der Waals surface area (Å²) in [5.74, 6) is 0. The molecule has 0 aliphatic carbocycles. The van der Waals surface area contributed by atoms with Crippen LogP contribution in [0.15, 0.2) is 0 Å². The third-order valence-corrected chi connectivity index (χ3v) is 2.27. The van der Waals surface area contributed by atoms with Crippen molar-refractivity contribution in [3.05, 3.63) is 0 Å². The topological polar surface area (TPSA) is 21.3 Å². The van der Waals surface area contributed by atoms with Crippen molar-refractivity contribution < 1.29 is 4.74 Å². The lowest BCUT2D eigenvalue weighted by atomic mass is 10.1. The van der Waals surface area contributed by atoms with E-state index in [4.69, 9.17) is 4.74 Å². The van der Waals surface area contributed by atoms with Crippen molar-refractivity contribution in [3.63, 3.8) is 0 Å². The molecule has 2 heteroatoms. The Morgan fingerprint density at radius 3 is 2.42 bits per heavy atom. The van der Waals surface area contributed by atoms with E-state index in [1.807, 2.05) is 0 Å². The van der Waals surface area contributed by atoms with Crippen molar-refractivity contribution in [3.8, 4) is 0 Å². The van der Waals surface area contributed by atoms with Crippen molar-refractivity contribution in [2.75, 3.05) is 13.7 Å². The first-order valence-corrected chi connectivity index (χ1v) is 5.02. The molecule has 0 fully saturated rings. The highest BCUT2D eigenvalue weighted by atomic mass is 16.5. The number of hydrogen-bond acceptors (Lipinski definition) is 2. The first-order valence-electron chi connectivity index (χ1n) is 5.02. The van der Waals surface area contributed by atoms with Gasteiger partial charge in [0.2, 0.25) is 0 Å². The van der Waals surface area contributed by atoms with E-state index < -0.39 is 0 Å². The molecule has 2 unspecified atom stereocenters. The van der Waals surface area contributed by atoms with E-state index in [-0.39, 0.29) is 0 Å². The van der Waals surface area contributed by atoms with Gasteiger partial charge in [0.15, 0.2) is 0 Å². The Balaban J connectivity index is 3.68. The van der Waals surface area contributed by atoms with E-state index in [1.165, 1.54) is 19.3 Å². The molecular formula is C10H23NO. The Hall–Kier alpha value is -0.0800. The standard InChI is InChI=1S/C10H23NO/c1-5-7-8-10(11-6-2)9(3)12-4/h9-11H,5-8H2,1-4H3. The van der Waals surface area contributed by atoms with Crippen molar-refractivity contribution in [1.82, 2.24) is 5.32 Å². The van der Waals surface area contributed by atoms with Crippen LogP contribution in [0.5, 0.6) is 0 Å². The molecule has 2 nitrogen and oxygen atoms in total. The summed E-state index contributed by atoms with van der Waals surface area (Å²) in [7, 11) is 1.78. The maximum absolute atomic E-state index is 5.30. The quantitative estimate of drug-likeness (QED) is 0.637. The number of nitrogens with one attached hydrogen (secondary N) is 1. The molecular weight excluding hydrogens is 150 g/mol. The van der Waals surface area contributed by atoms with E-state index in [2.05, 4.69) is 26.1 Å². The second kappa shape index (κ2) is 7.56. The molecule has 12 heavy (non-hydrogen) atoms. The molecule has 1 N–H and O–H groups in total. The fraction of sp³-hybridized carbons (Fsp3) is 1.00. The minimum Gasteiger partial charge on any atom is -0.380 e. The first kappa shape index (κ1) is 11.9. The summed E-state index contributed by atoms with van der Waals surface area (Å²) in [5.41, 5.74) is 0. The van der Waals surface area contributed by atoms with Gasteiger partial charge in [-0.2, -0.15) is 0 Å². The van der Waals surface area contributed by atoms with Gasteiger partial charge in [-0.3, -0.25) is 0 Å². The summed E-state index contributed by atoms with van der Waals surface area (Å²) in [6, 6.07) is 0.528. The highest BCUT2D eigenvalue weighted by Gasteiger charge is 2.13. The van der Waals surface area contributed by atoms with Gasteiger partial charge in [0.05, 0.1) is 6.10 Å². The van der Waals surface area contributed by atoms with Crippen LogP contribution in [0.2, 0.25) is 0 Å². The fourth-order valence-corrected chi connectivity index (χ4v) is 1.35. The minimum absolute atomic E-state index is 0.330. The molecule has 0 heterocycles. The van der Waals surface area contributed by atoms with Gasteiger partial charge in [0, 0.05) is 13.2 Å². The van der Waals surface area contributed by atoms with Crippen molar-refractivity contribution in [2.45, 2.75) is 52.2 Å². The Bertz CT molecular complexity index is 95.8. The Morgan fingerprint density at radius 2 is 2.00 bits per heavy atom. The average Bonchev–Trinajstić information content (AvgIpc) is 2.11. The molecule has 0 spiro atoms. The number of unbranched alkanes of at least 4 members (excludes halogenated alkanes) is 1. The third kappa shape index (κ3) is 4.73. The molecule has 74 valence electrons. The van der Waals surface area contributed by atoms with E-state index in [9.17, 15) is 0 Å². The van der Waals surface area contributed by atoms with Gasteiger partial charge in [0.25, 0.3) is 0 Å². The lowest BCUT2D eigenvalue weighted by Crippen LogP contribution is -2.39. The van der Waals surface area contributed by atoms with E-state index in [0.717, 1.165) is 6.54 Å². The molecule has 0 aromatic carbocycles. The smallest absolute Gasteiger partial charge is 0.0696 e. The molecule has 0 aromatic heterocycles.